The van der Waals surface area contributed by atoms with E-state index in [0.29, 0.717) is 13.1 Å². The number of hydrogen-bond donors (Lipinski definition) is 2. The van der Waals surface area contributed by atoms with Crippen LogP contribution in [0.5, 0.6) is 0 Å². The van der Waals surface area contributed by atoms with Crippen LogP contribution < -0.4 is 11.5 Å². The van der Waals surface area contributed by atoms with E-state index >= 15 is 0 Å². The van der Waals surface area contributed by atoms with Crippen LogP contribution in [0.1, 0.15) is 38.8 Å². The quantitative estimate of drug-likeness (QED) is 0.817. The Kier molecular flexibility index (Phi) is 3.76. The maximum absolute atomic E-state index is 5.86. The Morgan fingerprint density at radius 1 is 0.812 bits per heavy atom. The van der Waals surface area contributed by atoms with E-state index in [1.807, 2.05) is 0 Å². The molecule has 0 spiro atoms. The van der Waals surface area contributed by atoms with Crippen molar-refractivity contribution in [3.05, 3.63) is 35.4 Å². The van der Waals surface area contributed by atoms with Crippen molar-refractivity contribution in [2.45, 2.75) is 38.5 Å². The van der Waals surface area contributed by atoms with Crippen LogP contribution in [0.4, 0.5) is 0 Å². The van der Waals surface area contributed by atoms with Crippen molar-refractivity contribution in [3.63, 3.8) is 0 Å². The molecule has 0 radical (unpaired) electrons. The van der Waals surface area contributed by atoms with E-state index in [2.05, 4.69) is 52.0 Å². The molecular weight excluding hydrogens is 196 g/mol. The molecule has 0 unspecified atom stereocenters. The van der Waals surface area contributed by atoms with Crippen LogP contribution in [0.15, 0.2) is 24.3 Å². The standard InChI is InChI=1S/C14H24N2/c1-13(2,9-15)11-7-5-6-8-12(11)14(3,4)10-16/h5-8H,9-10,15-16H2,1-4H3. The molecule has 0 amide bonds. The molecule has 0 aliphatic carbocycles. The van der Waals surface area contributed by atoms with Crippen LogP contribution in [0, 0.1) is 0 Å². The van der Waals surface area contributed by atoms with Gasteiger partial charge in [0.2, 0.25) is 0 Å². The third-order valence-electron chi connectivity index (χ3n) is 3.41. The second-order valence-electron chi connectivity index (χ2n) is 5.72. The summed E-state index contributed by atoms with van der Waals surface area (Å²) in [7, 11) is 0. The number of rotatable bonds is 4. The lowest BCUT2D eigenvalue weighted by atomic mass is 9.73. The van der Waals surface area contributed by atoms with Gasteiger partial charge in [-0.1, -0.05) is 52.0 Å². The van der Waals surface area contributed by atoms with E-state index in [-0.39, 0.29) is 10.8 Å². The molecule has 1 aromatic rings. The number of nitrogens with two attached hydrogens (primary N) is 2. The molecule has 0 aromatic heterocycles. The second kappa shape index (κ2) is 4.56. The first-order valence-electron chi connectivity index (χ1n) is 5.85. The average Bonchev–Trinajstić information content (AvgIpc) is 2.29. The summed E-state index contributed by atoms with van der Waals surface area (Å²) in [4.78, 5) is 0. The molecule has 2 nitrogen and oxygen atoms in total. The molecule has 0 heterocycles. The van der Waals surface area contributed by atoms with E-state index in [1.165, 1.54) is 11.1 Å². The zero-order valence-corrected chi connectivity index (χ0v) is 10.9. The molecule has 1 rings (SSSR count). The van der Waals surface area contributed by atoms with Gasteiger partial charge in [-0.3, -0.25) is 0 Å². The van der Waals surface area contributed by atoms with Crippen LogP contribution >= 0.6 is 0 Å². The van der Waals surface area contributed by atoms with Gasteiger partial charge < -0.3 is 11.5 Å². The maximum Gasteiger partial charge on any atom is 0.00220 e. The largest absolute Gasteiger partial charge is 0.330 e. The Hall–Kier alpha value is -0.860. The van der Waals surface area contributed by atoms with Gasteiger partial charge in [0.05, 0.1) is 0 Å². The molecule has 0 bridgehead atoms. The third kappa shape index (κ3) is 2.45. The Bertz CT molecular complexity index is 319. The zero-order valence-electron chi connectivity index (χ0n) is 10.9. The summed E-state index contributed by atoms with van der Waals surface area (Å²) in [6.07, 6.45) is 0. The molecule has 0 atom stereocenters. The summed E-state index contributed by atoms with van der Waals surface area (Å²) in [6, 6.07) is 8.48. The zero-order chi connectivity index (χ0) is 12.4. The Balaban J connectivity index is 3.31. The minimum atomic E-state index is 0.00301. The van der Waals surface area contributed by atoms with E-state index < -0.39 is 0 Å². The van der Waals surface area contributed by atoms with Gasteiger partial charge in [-0.05, 0) is 11.1 Å². The van der Waals surface area contributed by atoms with Crippen molar-refractivity contribution < 1.29 is 0 Å². The predicted octanol–water partition coefficient (Wildman–Crippen LogP) is 2.16. The van der Waals surface area contributed by atoms with Crippen molar-refractivity contribution in [1.29, 1.82) is 0 Å². The van der Waals surface area contributed by atoms with Crippen molar-refractivity contribution >= 4 is 0 Å². The molecule has 0 fully saturated rings. The summed E-state index contributed by atoms with van der Waals surface area (Å²) in [6.45, 7) is 10.0. The topological polar surface area (TPSA) is 52.0 Å². The van der Waals surface area contributed by atoms with E-state index in [9.17, 15) is 0 Å². The summed E-state index contributed by atoms with van der Waals surface area (Å²) in [5, 5.41) is 0. The highest BCUT2D eigenvalue weighted by Gasteiger charge is 2.28. The first kappa shape index (κ1) is 13.2. The fourth-order valence-electron chi connectivity index (χ4n) is 1.88. The molecule has 0 aliphatic rings. The lowest BCUT2D eigenvalue weighted by Crippen LogP contribution is -2.35. The minimum absolute atomic E-state index is 0.00301. The summed E-state index contributed by atoms with van der Waals surface area (Å²) < 4.78 is 0. The van der Waals surface area contributed by atoms with Crippen molar-refractivity contribution in [1.82, 2.24) is 0 Å². The lowest BCUT2D eigenvalue weighted by molar-refractivity contribution is 0.486. The Labute approximate surface area is 99.0 Å². The molecule has 1 aromatic carbocycles. The summed E-state index contributed by atoms with van der Waals surface area (Å²) in [5.41, 5.74) is 14.4. The van der Waals surface area contributed by atoms with Gasteiger partial charge >= 0.3 is 0 Å². The van der Waals surface area contributed by atoms with E-state index in [1.54, 1.807) is 0 Å². The van der Waals surface area contributed by atoms with Crippen LogP contribution in [-0.2, 0) is 10.8 Å². The van der Waals surface area contributed by atoms with Crippen molar-refractivity contribution in [2.24, 2.45) is 11.5 Å². The normalized spacial score (nSPS) is 12.9. The minimum Gasteiger partial charge on any atom is -0.330 e. The van der Waals surface area contributed by atoms with Gasteiger partial charge in [0.1, 0.15) is 0 Å². The first-order valence-corrected chi connectivity index (χ1v) is 5.85. The lowest BCUT2D eigenvalue weighted by Gasteiger charge is -2.33. The van der Waals surface area contributed by atoms with Crippen LogP contribution in [0.3, 0.4) is 0 Å². The van der Waals surface area contributed by atoms with Gasteiger partial charge in [-0.25, -0.2) is 0 Å². The highest BCUT2D eigenvalue weighted by molar-refractivity contribution is 5.38. The van der Waals surface area contributed by atoms with Crippen molar-refractivity contribution in [2.75, 3.05) is 13.1 Å². The molecule has 2 heteroatoms. The fraction of sp³-hybridized carbons (Fsp3) is 0.571. The smallest absolute Gasteiger partial charge is 0.00220 e. The van der Waals surface area contributed by atoms with Gasteiger partial charge in [0, 0.05) is 23.9 Å². The number of benzene rings is 1. The number of hydrogen-bond acceptors (Lipinski definition) is 2. The van der Waals surface area contributed by atoms with Crippen LogP contribution in [0.25, 0.3) is 0 Å². The molecular formula is C14H24N2. The molecule has 16 heavy (non-hydrogen) atoms. The van der Waals surface area contributed by atoms with Gasteiger partial charge in [-0.15, -0.1) is 0 Å². The van der Waals surface area contributed by atoms with Gasteiger partial charge in [0.15, 0.2) is 0 Å². The van der Waals surface area contributed by atoms with E-state index in [0.717, 1.165) is 0 Å². The molecule has 4 N–H and O–H groups in total. The Morgan fingerprint density at radius 2 is 1.12 bits per heavy atom. The summed E-state index contributed by atoms with van der Waals surface area (Å²) >= 11 is 0. The first-order chi connectivity index (χ1) is 7.35. The molecule has 0 saturated carbocycles. The highest BCUT2D eigenvalue weighted by atomic mass is 14.6. The summed E-state index contributed by atoms with van der Waals surface area (Å²) in [5.74, 6) is 0. The Morgan fingerprint density at radius 3 is 1.38 bits per heavy atom. The SMILES string of the molecule is CC(C)(CN)c1ccccc1C(C)(C)CN. The second-order valence-corrected chi connectivity index (χ2v) is 5.72. The highest BCUT2D eigenvalue weighted by Crippen LogP contribution is 2.32. The maximum atomic E-state index is 5.86. The van der Waals surface area contributed by atoms with E-state index in [4.69, 9.17) is 11.5 Å². The van der Waals surface area contributed by atoms with Crippen LogP contribution in [0.2, 0.25) is 0 Å². The molecule has 90 valence electrons. The monoisotopic (exact) mass is 220 g/mol. The van der Waals surface area contributed by atoms with Crippen LogP contribution in [-0.4, -0.2) is 13.1 Å². The molecule has 0 aliphatic heterocycles. The average molecular weight is 220 g/mol. The van der Waals surface area contributed by atoms with Gasteiger partial charge in [0.25, 0.3) is 0 Å². The molecule has 0 saturated heterocycles. The third-order valence-corrected chi connectivity index (χ3v) is 3.41. The fourth-order valence-corrected chi connectivity index (χ4v) is 1.88. The predicted molar refractivity (Wildman–Crippen MR) is 70.6 cm³/mol. The van der Waals surface area contributed by atoms with Crippen molar-refractivity contribution in [3.8, 4) is 0 Å². The van der Waals surface area contributed by atoms with Gasteiger partial charge in [-0.2, -0.15) is 0 Å².